The van der Waals surface area contributed by atoms with E-state index in [1.165, 1.54) is 34.5 Å². The molecule has 0 saturated heterocycles. The standard InChI is InChI=1S/C25H28N2O6/c1-16-7-11-18(12-8-16)25(32-6,19-13-9-17(2)10-14-19)22(23(28)31-5)33-24-26-20(29-3)15-21(27-24)30-4/h7-15,22H,1-6H3. The van der Waals surface area contributed by atoms with Gasteiger partial charge in [0, 0.05) is 7.11 Å². The number of carbonyl (C=O) groups excluding carboxylic acids is 1. The van der Waals surface area contributed by atoms with E-state index in [1.807, 2.05) is 62.4 Å². The van der Waals surface area contributed by atoms with Crippen LogP contribution in [0.4, 0.5) is 0 Å². The normalized spacial score (nSPS) is 12.1. The second kappa shape index (κ2) is 10.3. The van der Waals surface area contributed by atoms with E-state index in [9.17, 15) is 4.79 Å². The molecule has 8 nitrogen and oxygen atoms in total. The fourth-order valence-corrected chi connectivity index (χ4v) is 3.57. The minimum Gasteiger partial charge on any atom is -0.481 e. The Morgan fingerprint density at radius 3 is 1.61 bits per heavy atom. The first kappa shape index (κ1) is 24.0. The van der Waals surface area contributed by atoms with Gasteiger partial charge in [0.1, 0.15) is 0 Å². The third-order valence-electron chi connectivity index (χ3n) is 5.37. The molecule has 0 bridgehead atoms. The van der Waals surface area contributed by atoms with Crippen LogP contribution >= 0.6 is 0 Å². The van der Waals surface area contributed by atoms with Crippen molar-refractivity contribution in [3.05, 3.63) is 76.9 Å². The lowest BCUT2D eigenvalue weighted by Crippen LogP contribution is -2.51. The molecule has 0 radical (unpaired) electrons. The Morgan fingerprint density at radius 1 is 0.788 bits per heavy atom. The van der Waals surface area contributed by atoms with Crippen molar-refractivity contribution >= 4 is 5.97 Å². The summed E-state index contributed by atoms with van der Waals surface area (Å²) in [6.45, 7) is 3.96. The van der Waals surface area contributed by atoms with Crippen LogP contribution in [0.25, 0.3) is 0 Å². The van der Waals surface area contributed by atoms with Crippen molar-refractivity contribution in [3.8, 4) is 17.8 Å². The molecule has 0 saturated carbocycles. The molecule has 0 aliphatic rings. The molecule has 0 aliphatic heterocycles. The number of methoxy groups -OCH3 is 4. The average molecular weight is 453 g/mol. The lowest BCUT2D eigenvalue weighted by atomic mass is 9.80. The Bertz CT molecular complexity index is 1020. The molecule has 1 atom stereocenters. The van der Waals surface area contributed by atoms with Crippen LogP contribution in [0.15, 0.2) is 54.6 Å². The summed E-state index contributed by atoms with van der Waals surface area (Å²) >= 11 is 0. The van der Waals surface area contributed by atoms with Gasteiger partial charge in [-0.1, -0.05) is 59.7 Å². The lowest BCUT2D eigenvalue weighted by molar-refractivity contribution is -0.164. The molecule has 174 valence electrons. The number of carbonyl (C=O) groups is 1. The number of ether oxygens (including phenoxy) is 5. The SMILES string of the molecule is COC(=O)C(Oc1nc(OC)cc(OC)n1)C(OC)(c1ccc(C)cc1)c1ccc(C)cc1. The summed E-state index contributed by atoms with van der Waals surface area (Å²) in [5, 5.41) is 0. The van der Waals surface area contributed by atoms with E-state index in [2.05, 4.69) is 9.97 Å². The average Bonchev–Trinajstić information content (AvgIpc) is 2.85. The van der Waals surface area contributed by atoms with Gasteiger partial charge in [-0.3, -0.25) is 0 Å². The van der Waals surface area contributed by atoms with Crippen molar-refractivity contribution in [1.82, 2.24) is 9.97 Å². The van der Waals surface area contributed by atoms with Crippen molar-refractivity contribution in [1.29, 1.82) is 0 Å². The number of hydrogen-bond acceptors (Lipinski definition) is 8. The van der Waals surface area contributed by atoms with Crippen LogP contribution in [0.2, 0.25) is 0 Å². The maximum absolute atomic E-state index is 13.2. The fraction of sp³-hybridized carbons (Fsp3) is 0.320. The van der Waals surface area contributed by atoms with Gasteiger partial charge < -0.3 is 23.7 Å². The van der Waals surface area contributed by atoms with Crippen molar-refractivity contribution < 1.29 is 28.5 Å². The van der Waals surface area contributed by atoms with Gasteiger partial charge in [0.05, 0.1) is 27.4 Å². The van der Waals surface area contributed by atoms with Gasteiger partial charge in [0.25, 0.3) is 0 Å². The van der Waals surface area contributed by atoms with Crippen LogP contribution in [0, 0.1) is 13.8 Å². The Hall–Kier alpha value is -3.65. The molecule has 0 fully saturated rings. The molecule has 1 unspecified atom stereocenters. The monoisotopic (exact) mass is 452 g/mol. The molecule has 0 amide bonds. The van der Waals surface area contributed by atoms with E-state index in [-0.39, 0.29) is 17.8 Å². The van der Waals surface area contributed by atoms with Crippen LogP contribution in [0.1, 0.15) is 22.3 Å². The zero-order valence-electron chi connectivity index (χ0n) is 19.6. The molecule has 0 N–H and O–H groups in total. The van der Waals surface area contributed by atoms with Gasteiger partial charge in [-0.2, -0.15) is 9.97 Å². The topological polar surface area (TPSA) is 89.0 Å². The summed E-state index contributed by atoms with van der Waals surface area (Å²) in [6, 6.07) is 16.7. The van der Waals surface area contributed by atoms with E-state index in [0.717, 1.165) is 11.1 Å². The van der Waals surface area contributed by atoms with Crippen molar-refractivity contribution in [2.24, 2.45) is 0 Å². The molecule has 33 heavy (non-hydrogen) atoms. The molecule has 8 heteroatoms. The minimum absolute atomic E-state index is 0.123. The zero-order chi connectivity index (χ0) is 24.0. The molecule has 1 aromatic heterocycles. The minimum atomic E-state index is -1.37. The third kappa shape index (κ3) is 4.90. The molecule has 3 aromatic rings. The first-order valence-electron chi connectivity index (χ1n) is 10.3. The van der Waals surface area contributed by atoms with Gasteiger partial charge in [-0.15, -0.1) is 0 Å². The Labute approximate surface area is 193 Å². The zero-order valence-corrected chi connectivity index (χ0v) is 19.6. The number of esters is 1. The van der Waals surface area contributed by atoms with Crippen LogP contribution in [0.3, 0.4) is 0 Å². The Balaban J connectivity index is 2.24. The number of hydrogen-bond donors (Lipinski definition) is 0. The summed E-state index contributed by atoms with van der Waals surface area (Å²) in [7, 11) is 5.73. The third-order valence-corrected chi connectivity index (χ3v) is 5.37. The van der Waals surface area contributed by atoms with Gasteiger partial charge in [-0.25, -0.2) is 4.79 Å². The van der Waals surface area contributed by atoms with Crippen molar-refractivity contribution in [2.75, 3.05) is 28.4 Å². The summed E-state index contributed by atoms with van der Waals surface area (Å²) in [4.78, 5) is 21.6. The molecule has 0 aliphatic carbocycles. The summed E-state index contributed by atoms with van der Waals surface area (Å²) in [6.07, 6.45) is -1.30. The second-order valence-electron chi connectivity index (χ2n) is 7.43. The first-order chi connectivity index (χ1) is 15.9. The number of aromatic nitrogens is 2. The maximum Gasteiger partial charge on any atom is 0.351 e. The second-order valence-corrected chi connectivity index (χ2v) is 7.43. The molecule has 0 spiro atoms. The van der Waals surface area contributed by atoms with E-state index < -0.39 is 17.7 Å². The molecule has 2 aromatic carbocycles. The van der Waals surface area contributed by atoms with Crippen LogP contribution in [0.5, 0.6) is 17.8 Å². The van der Waals surface area contributed by atoms with E-state index in [1.54, 1.807) is 0 Å². The number of benzene rings is 2. The lowest BCUT2D eigenvalue weighted by Gasteiger charge is -2.38. The van der Waals surface area contributed by atoms with Gasteiger partial charge >= 0.3 is 12.0 Å². The highest BCUT2D eigenvalue weighted by Crippen LogP contribution is 2.39. The van der Waals surface area contributed by atoms with Gasteiger partial charge in [0.2, 0.25) is 17.9 Å². The van der Waals surface area contributed by atoms with Crippen LogP contribution < -0.4 is 14.2 Å². The Morgan fingerprint density at radius 2 is 1.24 bits per heavy atom. The van der Waals surface area contributed by atoms with E-state index >= 15 is 0 Å². The van der Waals surface area contributed by atoms with Crippen LogP contribution in [-0.4, -0.2) is 50.5 Å². The van der Waals surface area contributed by atoms with E-state index in [0.29, 0.717) is 11.1 Å². The van der Waals surface area contributed by atoms with Crippen molar-refractivity contribution in [2.45, 2.75) is 25.6 Å². The number of aryl methyl sites for hydroxylation is 2. The number of rotatable bonds is 9. The fourth-order valence-electron chi connectivity index (χ4n) is 3.57. The van der Waals surface area contributed by atoms with Gasteiger partial charge in [-0.05, 0) is 25.0 Å². The first-order valence-corrected chi connectivity index (χ1v) is 10.3. The molecular formula is C25H28N2O6. The highest BCUT2D eigenvalue weighted by atomic mass is 16.6. The van der Waals surface area contributed by atoms with Crippen LogP contribution in [-0.2, 0) is 19.9 Å². The van der Waals surface area contributed by atoms with Crippen molar-refractivity contribution in [3.63, 3.8) is 0 Å². The summed E-state index contributed by atoms with van der Waals surface area (Å²) in [5.41, 5.74) is 2.15. The predicted molar refractivity (Wildman–Crippen MR) is 122 cm³/mol. The molecular weight excluding hydrogens is 424 g/mol. The summed E-state index contributed by atoms with van der Waals surface area (Å²) in [5.74, 6) is -0.230. The smallest absolute Gasteiger partial charge is 0.351 e. The number of nitrogens with zero attached hydrogens (tertiary/aromatic N) is 2. The van der Waals surface area contributed by atoms with Gasteiger partial charge in [0.15, 0.2) is 5.60 Å². The highest BCUT2D eigenvalue weighted by Gasteiger charge is 2.50. The largest absolute Gasteiger partial charge is 0.481 e. The van der Waals surface area contributed by atoms with E-state index in [4.69, 9.17) is 23.7 Å². The highest BCUT2D eigenvalue weighted by molar-refractivity contribution is 5.78. The maximum atomic E-state index is 13.2. The quantitative estimate of drug-likeness (QED) is 0.455. The Kier molecular flexibility index (Phi) is 7.50. The molecule has 1 heterocycles. The summed E-state index contributed by atoms with van der Waals surface area (Å²) < 4.78 is 27.8. The molecule has 3 rings (SSSR count). The predicted octanol–water partition coefficient (Wildman–Crippen LogP) is 3.62.